The molecule has 2 rings (SSSR count). The summed E-state index contributed by atoms with van der Waals surface area (Å²) in [5.41, 5.74) is 0. The Morgan fingerprint density at radius 3 is 2.57 bits per heavy atom. The van der Waals surface area contributed by atoms with Crippen molar-refractivity contribution in [2.24, 2.45) is 11.8 Å². The van der Waals surface area contributed by atoms with Gasteiger partial charge in [-0.15, -0.1) is 0 Å². The van der Waals surface area contributed by atoms with E-state index < -0.39 is 0 Å². The van der Waals surface area contributed by atoms with Gasteiger partial charge in [0.15, 0.2) is 0 Å². The maximum absolute atomic E-state index is 8.68. The van der Waals surface area contributed by atoms with Gasteiger partial charge in [0.1, 0.15) is 0 Å². The van der Waals surface area contributed by atoms with Crippen molar-refractivity contribution in [3.8, 4) is 6.07 Å². The van der Waals surface area contributed by atoms with Crippen molar-refractivity contribution in [3.63, 3.8) is 0 Å². The second-order valence-corrected chi connectivity index (χ2v) is 4.93. The van der Waals surface area contributed by atoms with Gasteiger partial charge in [0.05, 0.1) is 6.07 Å². The van der Waals surface area contributed by atoms with Crippen molar-refractivity contribution in [1.82, 2.24) is 4.90 Å². The van der Waals surface area contributed by atoms with E-state index in [2.05, 4.69) is 11.0 Å². The Bertz CT molecular complexity index is 215. The van der Waals surface area contributed by atoms with Crippen LogP contribution in [0.2, 0.25) is 0 Å². The van der Waals surface area contributed by atoms with Crippen LogP contribution in [0.15, 0.2) is 0 Å². The number of likely N-dealkylation sites (tertiary alicyclic amines) is 1. The second kappa shape index (κ2) is 4.79. The molecule has 0 amide bonds. The van der Waals surface area contributed by atoms with Gasteiger partial charge in [0, 0.05) is 19.5 Å². The normalized spacial score (nSPS) is 29.5. The average molecular weight is 192 g/mol. The number of piperidine rings is 1. The summed E-state index contributed by atoms with van der Waals surface area (Å²) in [7, 11) is 0. The third-order valence-electron chi connectivity index (χ3n) is 3.72. The molecule has 1 saturated carbocycles. The molecule has 1 unspecified atom stereocenters. The second-order valence-electron chi connectivity index (χ2n) is 4.93. The summed E-state index contributed by atoms with van der Waals surface area (Å²) in [5.74, 6) is 1.64. The molecule has 1 heterocycles. The summed E-state index contributed by atoms with van der Waals surface area (Å²) < 4.78 is 0. The van der Waals surface area contributed by atoms with Crippen LogP contribution in [0.3, 0.4) is 0 Å². The molecule has 0 spiro atoms. The minimum absolute atomic E-state index is 0.661. The molecule has 1 atom stereocenters. The molecule has 2 nitrogen and oxygen atoms in total. The first-order valence-corrected chi connectivity index (χ1v) is 5.98. The molecule has 2 fully saturated rings. The molecule has 1 saturated heterocycles. The molecular formula is C12H20N2. The van der Waals surface area contributed by atoms with Crippen molar-refractivity contribution in [1.29, 1.82) is 5.26 Å². The van der Waals surface area contributed by atoms with E-state index in [1.54, 1.807) is 0 Å². The van der Waals surface area contributed by atoms with Crippen molar-refractivity contribution in [2.45, 2.75) is 38.5 Å². The fourth-order valence-electron chi connectivity index (χ4n) is 2.65. The molecule has 1 aliphatic heterocycles. The van der Waals surface area contributed by atoms with Crippen LogP contribution in [0.25, 0.3) is 0 Å². The average Bonchev–Trinajstić information content (AvgIpc) is 2.13. The third-order valence-corrected chi connectivity index (χ3v) is 3.72. The standard InChI is InChI=1S/C12H20N2/c13-7-6-12-5-2-8-14(10-12)9-11-3-1-4-11/h11-12H,1-6,8-10H2. The maximum Gasteiger partial charge on any atom is 0.0625 e. The highest BCUT2D eigenvalue weighted by Gasteiger charge is 2.24. The van der Waals surface area contributed by atoms with Crippen LogP contribution in [0.5, 0.6) is 0 Å². The summed E-state index contributed by atoms with van der Waals surface area (Å²) in [6, 6.07) is 2.31. The van der Waals surface area contributed by atoms with E-state index in [0.29, 0.717) is 5.92 Å². The number of rotatable bonds is 3. The van der Waals surface area contributed by atoms with Gasteiger partial charge in [-0.25, -0.2) is 0 Å². The van der Waals surface area contributed by atoms with Gasteiger partial charge in [-0.1, -0.05) is 6.42 Å². The van der Waals surface area contributed by atoms with E-state index in [1.165, 1.54) is 51.7 Å². The monoisotopic (exact) mass is 192 g/mol. The number of hydrogen-bond acceptors (Lipinski definition) is 2. The van der Waals surface area contributed by atoms with Crippen molar-refractivity contribution < 1.29 is 0 Å². The van der Waals surface area contributed by atoms with Gasteiger partial charge in [0.25, 0.3) is 0 Å². The van der Waals surface area contributed by atoms with Gasteiger partial charge < -0.3 is 4.90 Å². The van der Waals surface area contributed by atoms with E-state index in [-0.39, 0.29) is 0 Å². The summed E-state index contributed by atoms with van der Waals surface area (Å²) >= 11 is 0. The molecule has 0 aromatic carbocycles. The molecule has 2 aliphatic rings. The van der Waals surface area contributed by atoms with E-state index in [0.717, 1.165) is 12.3 Å². The highest BCUT2D eigenvalue weighted by atomic mass is 15.1. The minimum atomic E-state index is 0.661. The van der Waals surface area contributed by atoms with E-state index in [9.17, 15) is 0 Å². The topological polar surface area (TPSA) is 27.0 Å². The van der Waals surface area contributed by atoms with Gasteiger partial charge >= 0.3 is 0 Å². The van der Waals surface area contributed by atoms with Gasteiger partial charge in [-0.2, -0.15) is 5.26 Å². The van der Waals surface area contributed by atoms with Gasteiger partial charge in [-0.05, 0) is 44.1 Å². The zero-order chi connectivity index (χ0) is 9.80. The van der Waals surface area contributed by atoms with Crippen LogP contribution in [-0.4, -0.2) is 24.5 Å². The highest BCUT2D eigenvalue weighted by Crippen LogP contribution is 2.29. The Hall–Kier alpha value is -0.550. The van der Waals surface area contributed by atoms with Crippen molar-refractivity contribution in [2.75, 3.05) is 19.6 Å². The van der Waals surface area contributed by atoms with Gasteiger partial charge in [-0.3, -0.25) is 0 Å². The van der Waals surface area contributed by atoms with E-state index in [1.807, 2.05) is 0 Å². The van der Waals surface area contributed by atoms with Gasteiger partial charge in [0.2, 0.25) is 0 Å². The van der Waals surface area contributed by atoms with Crippen LogP contribution in [0.4, 0.5) is 0 Å². The van der Waals surface area contributed by atoms with Crippen molar-refractivity contribution in [3.05, 3.63) is 0 Å². The Labute approximate surface area is 86.9 Å². The molecule has 0 aromatic heterocycles. The highest BCUT2D eigenvalue weighted by molar-refractivity contribution is 4.83. The maximum atomic E-state index is 8.68. The smallest absolute Gasteiger partial charge is 0.0625 e. The quantitative estimate of drug-likeness (QED) is 0.686. The fraction of sp³-hybridized carbons (Fsp3) is 0.917. The van der Waals surface area contributed by atoms with Crippen LogP contribution < -0.4 is 0 Å². The lowest BCUT2D eigenvalue weighted by Gasteiger charge is -2.37. The molecule has 2 heteroatoms. The fourth-order valence-corrected chi connectivity index (χ4v) is 2.65. The lowest BCUT2D eigenvalue weighted by atomic mass is 9.84. The summed E-state index contributed by atoms with van der Waals surface area (Å²) in [6.07, 6.45) is 7.67. The Morgan fingerprint density at radius 2 is 1.93 bits per heavy atom. The predicted molar refractivity (Wildman–Crippen MR) is 56.7 cm³/mol. The molecule has 1 aliphatic carbocycles. The lowest BCUT2D eigenvalue weighted by Crippen LogP contribution is -2.39. The van der Waals surface area contributed by atoms with Crippen molar-refractivity contribution >= 4 is 0 Å². The third kappa shape index (κ3) is 2.48. The summed E-state index contributed by atoms with van der Waals surface area (Å²) in [5, 5.41) is 8.68. The Morgan fingerprint density at radius 1 is 1.14 bits per heavy atom. The zero-order valence-corrected chi connectivity index (χ0v) is 8.91. The predicted octanol–water partition coefficient (Wildman–Crippen LogP) is 2.41. The van der Waals surface area contributed by atoms with Crippen LogP contribution in [0, 0.1) is 23.2 Å². The Balaban J connectivity index is 1.73. The van der Waals surface area contributed by atoms with Crippen LogP contribution >= 0.6 is 0 Å². The number of nitriles is 1. The van der Waals surface area contributed by atoms with E-state index in [4.69, 9.17) is 5.26 Å². The van der Waals surface area contributed by atoms with Crippen LogP contribution in [0.1, 0.15) is 38.5 Å². The molecule has 0 bridgehead atoms. The summed E-state index contributed by atoms with van der Waals surface area (Å²) in [6.45, 7) is 3.77. The molecule has 78 valence electrons. The zero-order valence-electron chi connectivity index (χ0n) is 8.91. The first kappa shape index (κ1) is 9.98. The van der Waals surface area contributed by atoms with Crippen LogP contribution in [-0.2, 0) is 0 Å². The molecule has 0 aromatic rings. The number of hydrogen-bond donors (Lipinski definition) is 0. The molecule has 0 radical (unpaired) electrons. The first-order chi connectivity index (χ1) is 6.88. The molecular weight excluding hydrogens is 172 g/mol. The molecule has 14 heavy (non-hydrogen) atoms. The largest absolute Gasteiger partial charge is 0.303 e. The Kier molecular flexibility index (Phi) is 3.42. The number of nitrogens with zero attached hydrogens (tertiary/aromatic N) is 2. The lowest BCUT2D eigenvalue weighted by molar-refractivity contribution is 0.125. The van der Waals surface area contributed by atoms with E-state index >= 15 is 0 Å². The summed E-state index contributed by atoms with van der Waals surface area (Å²) in [4.78, 5) is 2.59. The molecule has 0 N–H and O–H groups in total. The minimum Gasteiger partial charge on any atom is -0.303 e. The first-order valence-electron chi connectivity index (χ1n) is 5.98. The SMILES string of the molecule is N#CCC1CCCN(CC2CCC2)C1.